The van der Waals surface area contributed by atoms with Crippen LogP contribution in [0.4, 0.5) is 0 Å². The van der Waals surface area contributed by atoms with Crippen molar-refractivity contribution < 1.29 is 0 Å². The number of hydrogen-bond acceptors (Lipinski definition) is 2. The molecule has 0 fully saturated rings. The first-order valence-electron chi connectivity index (χ1n) is 8.95. The molecule has 27 heavy (non-hydrogen) atoms. The second-order valence-corrected chi connectivity index (χ2v) is 6.84. The zero-order valence-corrected chi connectivity index (χ0v) is 14.4. The Morgan fingerprint density at radius 2 is 1.33 bits per heavy atom. The van der Waals surface area contributed by atoms with Crippen LogP contribution in [0.15, 0.2) is 89.9 Å². The molecule has 3 nitrogen and oxygen atoms in total. The summed E-state index contributed by atoms with van der Waals surface area (Å²) >= 11 is 0. The highest BCUT2D eigenvalue weighted by atomic mass is 16.1. The lowest BCUT2D eigenvalue weighted by atomic mass is 10.00. The Morgan fingerprint density at radius 1 is 0.667 bits per heavy atom. The maximum atomic E-state index is 13.3. The molecule has 0 aliphatic rings. The molecule has 126 valence electrons. The summed E-state index contributed by atoms with van der Waals surface area (Å²) in [6, 6.07) is 26.2. The molecular weight excluding hydrogens is 332 g/mol. The molecular formula is C24H14N2O. The number of aromatic nitrogens is 2. The van der Waals surface area contributed by atoms with Crippen molar-refractivity contribution in [2.75, 3.05) is 0 Å². The van der Waals surface area contributed by atoms with E-state index in [1.807, 2.05) is 71.3 Å². The third kappa shape index (κ3) is 1.86. The SMILES string of the molecule is O=c1c2ccccc2c2cc(-c3ccccn3)cc3c4ccccc4n1c23. The standard InChI is InChI=1S/C24H14N2O/c27-24-18-9-2-1-7-16(18)19-13-15(21-10-5-6-12-25-21)14-20-17-8-3-4-11-22(17)26(24)23(19)20/h1-14H. The summed E-state index contributed by atoms with van der Waals surface area (Å²) < 4.78 is 1.87. The maximum absolute atomic E-state index is 13.3. The van der Waals surface area contributed by atoms with Crippen LogP contribution in [0.1, 0.15) is 0 Å². The van der Waals surface area contributed by atoms with E-state index in [4.69, 9.17) is 0 Å². The molecule has 0 aliphatic carbocycles. The van der Waals surface area contributed by atoms with Crippen LogP contribution in [0.3, 0.4) is 0 Å². The van der Waals surface area contributed by atoms with E-state index in [1.165, 1.54) is 0 Å². The fourth-order valence-electron chi connectivity index (χ4n) is 4.22. The summed E-state index contributed by atoms with van der Waals surface area (Å²) in [6.07, 6.45) is 1.81. The molecule has 6 rings (SSSR count). The van der Waals surface area contributed by atoms with E-state index in [9.17, 15) is 4.79 Å². The number of benzene rings is 3. The van der Waals surface area contributed by atoms with Gasteiger partial charge in [-0.15, -0.1) is 0 Å². The van der Waals surface area contributed by atoms with Crippen LogP contribution in [0.5, 0.6) is 0 Å². The highest BCUT2D eigenvalue weighted by Gasteiger charge is 2.18. The molecule has 0 saturated carbocycles. The monoisotopic (exact) mass is 346 g/mol. The number of para-hydroxylation sites is 1. The van der Waals surface area contributed by atoms with Crippen LogP contribution < -0.4 is 5.56 Å². The van der Waals surface area contributed by atoms with Crippen molar-refractivity contribution in [3.05, 3.63) is 95.4 Å². The fraction of sp³-hybridized carbons (Fsp3) is 0. The first kappa shape index (κ1) is 14.4. The number of nitrogens with zero attached hydrogens (tertiary/aromatic N) is 2. The molecule has 3 aromatic heterocycles. The fourth-order valence-corrected chi connectivity index (χ4v) is 4.22. The lowest BCUT2D eigenvalue weighted by Gasteiger charge is -2.09. The Bertz CT molecular complexity index is 1530. The molecule has 0 saturated heterocycles. The van der Waals surface area contributed by atoms with Crippen molar-refractivity contribution >= 4 is 38.0 Å². The smallest absolute Gasteiger partial charge is 0.263 e. The van der Waals surface area contributed by atoms with E-state index in [0.29, 0.717) is 0 Å². The predicted octanol–water partition coefficient (Wildman–Crippen LogP) is 5.26. The molecule has 3 heterocycles. The van der Waals surface area contributed by atoms with Crippen molar-refractivity contribution in [2.24, 2.45) is 0 Å². The number of pyridine rings is 2. The summed E-state index contributed by atoms with van der Waals surface area (Å²) in [5, 5.41) is 4.99. The quantitative estimate of drug-likeness (QED) is 0.381. The Hall–Kier alpha value is -3.72. The Balaban J connectivity index is 1.96. The van der Waals surface area contributed by atoms with Crippen LogP contribution in [-0.2, 0) is 0 Å². The average Bonchev–Trinajstić information content (AvgIpc) is 3.08. The van der Waals surface area contributed by atoms with Crippen LogP contribution >= 0.6 is 0 Å². The van der Waals surface area contributed by atoms with Crippen molar-refractivity contribution in [1.82, 2.24) is 9.38 Å². The minimum Gasteiger partial charge on any atom is -0.275 e. The molecule has 0 N–H and O–H groups in total. The summed E-state index contributed by atoms with van der Waals surface area (Å²) in [7, 11) is 0. The van der Waals surface area contributed by atoms with Crippen LogP contribution in [0, 0.1) is 0 Å². The first-order valence-corrected chi connectivity index (χ1v) is 8.95. The largest absolute Gasteiger partial charge is 0.275 e. The Labute approximate surface area is 154 Å². The predicted molar refractivity (Wildman–Crippen MR) is 111 cm³/mol. The summed E-state index contributed by atoms with van der Waals surface area (Å²) in [4.78, 5) is 17.8. The summed E-state index contributed by atoms with van der Waals surface area (Å²) in [5.74, 6) is 0. The third-order valence-corrected chi connectivity index (χ3v) is 5.38. The molecule has 0 unspecified atom stereocenters. The lowest BCUT2D eigenvalue weighted by molar-refractivity contribution is 1.21. The van der Waals surface area contributed by atoms with Gasteiger partial charge < -0.3 is 0 Å². The van der Waals surface area contributed by atoms with Gasteiger partial charge in [-0.3, -0.25) is 14.2 Å². The van der Waals surface area contributed by atoms with Gasteiger partial charge in [0.05, 0.1) is 16.7 Å². The first-order chi connectivity index (χ1) is 13.3. The third-order valence-electron chi connectivity index (χ3n) is 5.38. The van der Waals surface area contributed by atoms with E-state index < -0.39 is 0 Å². The van der Waals surface area contributed by atoms with Gasteiger partial charge in [0, 0.05) is 33.3 Å². The van der Waals surface area contributed by atoms with Crippen LogP contribution in [0.25, 0.3) is 49.2 Å². The van der Waals surface area contributed by atoms with Gasteiger partial charge in [0.15, 0.2) is 0 Å². The van der Waals surface area contributed by atoms with Gasteiger partial charge in [0.2, 0.25) is 0 Å². The summed E-state index contributed by atoms with van der Waals surface area (Å²) in [5.41, 5.74) is 3.97. The minimum absolute atomic E-state index is 0.0369. The van der Waals surface area contributed by atoms with E-state index in [0.717, 1.165) is 49.2 Å². The molecule has 3 aromatic carbocycles. The van der Waals surface area contributed by atoms with Crippen molar-refractivity contribution in [3.8, 4) is 11.3 Å². The highest BCUT2D eigenvalue weighted by Crippen LogP contribution is 2.37. The topological polar surface area (TPSA) is 34.4 Å². The van der Waals surface area contributed by atoms with Crippen LogP contribution in [0.2, 0.25) is 0 Å². The van der Waals surface area contributed by atoms with Crippen molar-refractivity contribution in [2.45, 2.75) is 0 Å². The molecule has 0 bridgehead atoms. The van der Waals surface area contributed by atoms with E-state index in [2.05, 4.69) is 23.2 Å². The molecule has 0 aliphatic heterocycles. The Kier molecular flexibility index (Phi) is 2.75. The molecule has 0 amide bonds. The zero-order valence-electron chi connectivity index (χ0n) is 14.4. The maximum Gasteiger partial charge on any atom is 0.263 e. The highest BCUT2D eigenvalue weighted by molar-refractivity contribution is 6.21. The number of rotatable bonds is 1. The van der Waals surface area contributed by atoms with E-state index in [1.54, 1.807) is 0 Å². The second-order valence-electron chi connectivity index (χ2n) is 6.84. The normalized spacial score (nSPS) is 11.9. The molecule has 0 spiro atoms. The van der Waals surface area contributed by atoms with Crippen molar-refractivity contribution in [1.29, 1.82) is 0 Å². The minimum atomic E-state index is 0.0369. The van der Waals surface area contributed by atoms with Crippen molar-refractivity contribution in [3.63, 3.8) is 0 Å². The summed E-state index contributed by atoms with van der Waals surface area (Å²) in [6.45, 7) is 0. The van der Waals surface area contributed by atoms with E-state index >= 15 is 0 Å². The average molecular weight is 346 g/mol. The molecule has 0 radical (unpaired) electrons. The van der Waals surface area contributed by atoms with Crippen LogP contribution in [-0.4, -0.2) is 9.38 Å². The zero-order chi connectivity index (χ0) is 18.0. The molecule has 0 atom stereocenters. The van der Waals surface area contributed by atoms with Gasteiger partial charge in [-0.25, -0.2) is 0 Å². The second kappa shape index (κ2) is 5.15. The van der Waals surface area contributed by atoms with Gasteiger partial charge in [-0.2, -0.15) is 0 Å². The van der Waals surface area contributed by atoms with Gasteiger partial charge >= 0.3 is 0 Å². The van der Waals surface area contributed by atoms with E-state index in [-0.39, 0.29) is 5.56 Å². The lowest BCUT2D eigenvalue weighted by Crippen LogP contribution is -2.12. The number of hydrogen-bond donors (Lipinski definition) is 0. The molecule has 3 heteroatoms. The van der Waals surface area contributed by atoms with Gasteiger partial charge in [-0.1, -0.05) is 42.5 Å². The van der Waals surface area contributed by atoms with Gasteiger partial charge in [0.25, 0.3) is 5.56 Å². The molecule has 6 aromatic rings. The number of fused-ring (bicyclic) bond motifs is 5. The van der Waals surface area contributed by atoms with Gasteiger partial charge in [-0.05, 0) is 41.8 Å². The van der Waals surface area contributed by atoms with Gasteiger partial charge in [0.1, 0.15) is 0 Å². The Morgan fingerprint density at radius 3 is 2.11 bits per heavy atom.